The molecule has 2 nitrogen and oxygen atoms in total. The fourth-order valence-electron chi connectivity index (χ4n) is 1.74. The second-order valence-corrected chi connectivity index (χ2v) is 4.81. The molecule has 2 rings (SSSR count). The molecule has 1 aliphatic carbocycles. The molecule has 0 N–H and O–H groups in total. The van der Waals surface area contributed by atoms with Crippen LogP contribution in [0.1, 0.15) is 18.4 Å². The molecule has 0 aliphatic heterocycles. The average Bonchev–Trinajstić information content (AvgIpc) is 2.26. The highest BCUT2D eigenvalue weighted by Crippen LogP contribution is 2.29. The second-order valence-electron chi connectivity index (χ2n) is 4.20. The first-order chi connectivity index (χ1) is 7.78. The lowest BCUT2D eigenvalue weighted by molar-refractivity contribution is 0.124. The number of methoxy groups -OCH3 is 1. The van der Waals surface area contributed by atoms with Crippen molar-refractivity contribution in [2.75, 3.05) is 13.7 Å². The summed E-state index contributed by atoms with van der Waals surface area (Å²) < 4.78 is 10.8. The Hall–Kier alpha value is -0.730. The summed E-state index contributed by atoms with van der Waals surface area (Å²) in [5, 5.41) is 0.311. The Bertz CT molecular complexity index is 317. The Morgan fingerprint density at radius 2 is 1.94 bits per heavy atom. The van der Waals surface area contributed by atoms with Crippen LogP contribution in [0.4, 0.5) is 0 Å². The molecule has 1 aliphatic rings. The van der Waals surface area contributed by atoms with Crippen molar-refractivity contribution in [1.82, 2.24) is 0 Å². The first-order valence-electron chi connectivity index (χ1n) is 5.66. The molecule has 16 heavy (non-hydrogen) atoms. The summed E-state index contributed by atoms with van der Waals surface area (Å²) >= 11 is 5.90. The van der Waals surface area contributed by atoms with Gasteiger partial charge in [-0.1, -0.05) is 12.1 Å². The Morgan fingerprint density at radius 3 is 2.50 bits per heavy atom. The number of hydrogen-bond acceptors (Lipinski definition) is 2. The molecule has 1 aromatic carbocycles. The van der Waals surface area contributed by atoms with Gasteiger partial charge in [-0.3, -0.25) is 0 Å². The highest BCUT2D eigenvalue weighted by Gasteiger charge is 2.28. The lowest BCUT2D eigenvalue weighted by atomic mass is 9.95. The van der Waals surface area contributed by atoms with E-state index >= 15 is 0 Å². The van der Waals surface area contributed by atoms with Gasteiger partial charge in [0.1, 0.15) is 11.9 Å². The van der Waals surface area contributed by atoms with Crippen molar-refractivity contribution in [3.8, 4) is 5.75 Å². The topological polar surface area (TPSA) is 18.5 Å². The van der Waals surface area contributed by atoms with E-state index in [4.69, 9.17) is 21.1 Å². The molecule has 1 aromatic rings. The van der Waals surface area contributed by atoms with E-state index in [1.165, 1.54) is 5.56 Å². The number of halogens is 1. The zero-order chi connectivity index (χ0) is 11.4. The molecular formula is C13H17ClO2. The molecule has 0 radical (unpaired) electrons. The molecule has 0 amide bonds. The fourth-order valence-corrected chi connectivity index (χ4v) is 2.14. The van der Waals surface area contributed by atoms with Gasteiger partial charge < -0.3 is 9.47 Å². The molecule has 1 fully saturated rings. The summed E-state index contributed by atoms with van der Waals surface area (Å²) in [6, 6.07) is 8.22. The SMILES string of the molecule is COCCc1ccc(OC2CC(Cl)C2)cc1. The Morgan fingerprint density at radius 1 is 1.25 bits per heavy atom. The lowest BCUT2D eigenvalue weighted by Crippen LogP contribution is -2.34. The van der Waals surface area contributed by atoms with E-state index in [0.29, 0.717) is 11.5 Å². The first-order valence-corrected chi connectivity index (χ1v) is 6.10. The first kappa shape index (κ1) is 11.7. The summed E-state index contributed by atoms with van der Waals surface area (Å²) in [4.78, 5) is 0. The Balaban J connectivity index is 1.82. The summed E-state index contributed by atoms with van der Waals surface area (Å²) in [7, 11) is 1.72. The Labute approximate surface area is 102 Å². The minimum atomic E-state index is 0.311. The van der Waals surface area contributed by atoms with Gasteiger partial charge in [0.15, 0.2) is 0 Å². The molecule has 3 heteroatoms. The Kier molecular flexibility index (Phi) is 4.08. The van der Waals surface area contributed by atoms with Crippen LogP contribution in [-0.2, 0) is 11.2 Å². The van der Waals surface area contributed by atoms with E-state index in [9.17, 15) is 0 Å². The van der Waals surface area contributed by atoms with E-state index in [1.54, 1.807) is 7.11 Å². The fraction of sp³-hybridized carbons (Fsp3) is 0.538. The van der Waals surface area contributed by atoms with Crippen LogP contribution in [-0.4, -0.2) is 25.2 Å². The van der Waals surface area contributed by atoms with Crippen LogP contribution < -0.4 is 4.74 Å². The maximum absolute atomic E-state index is 5.90. The van der Waals surface area contributed by atoms with Gasteiger partial charge in [0.25, 0.3) is 0 Å². The van der Waals surface area contributed by atoms with E-state index in [2.05, 4.69) is 12.1 Å². The number of alkyl halides is 1. The predicted octanol–water partition coefficient (Wildman–Crippen LogP) is 3.02. The van der Waals surface area contributed by atoms with Crippen LogP contribution >= 0.6 is 11.6 Å². The van der Waals surface area contributed by atoms with Crippen LogP contribution in [0.5, 0.6) is 5.75 Å². The molecular weight excluding hydrogens is 224 g/mol. The van der Waals surface area contributed by atoms with Gasteiger partial charge in [0.05, 0.1) is 6.61 Å². The van der Waals surface area contributed by atoms with Gasteiger partial charge in [-0.05, 0) is 24.1 Å². The summed E-state index contributed by atoms with van der Waals surface area (Å²) in [6.45, 7) is 0.761. The highest BCUT2D eigenvalue weighted by atomic mass is 35.5. The van der Waals surface area contributed by atoms with Gasteiger partial charge in [0, 0.05) is 25.3 Å². The molecule has 0 bridgehead atoms. The molecule has 0 spiro atoms. The van der Waals surface area contributed by atoms with E-state index < -0.39 is 0 Å². The minimum absolute atomic E-state index is 0.311. The third-order valence-electron chi connectivity index (χ3n) is 2.86. The lowest BCUT2D eigenvalue weighted by Gasteiger charge is -2.31. The van der Waals surface area contributed by atoms with Crippen LogP contribution in [0.15, 0.2) is 24.3 Å². The smallest absolute Gasteiger partial charge is 0.119 e. The number of ether oxygens (including phenoxy) is 2. The van der Waals surface area contributed by atoms with Crippen LogP contribution in [0, 0.1) is 0 Å². The molecule has 88 valence electrons. The average molecular weight is 241 g/mol. The van der Waals surface area contributed by atoms with Crippen molar-refractivity contribution in [2.45, 2.75) is 30.7 Å². The van der Waals surface area contributed by atoms with E-state index in [0.717, 1.165) is 31.6 Å². The largest absolute Gasteiger partial charge is 0.490 e. The quantitative estimate of drug-likeness (QED) is 0.737. The van der Waals surface area contributed by atoms with Crippen molar-refractivity contribution >= 4 is 11.6 Å². The van der Waals surface area contributed by atoms with Crippen molar-refractivity contribution in [2.24, 2.45) is 0 Å². The van der Waals surface area contributed by atoms with Crippen LogP contribution in [0.2, 0.25) is 0 Å². The standard InChI is InChI=1S/C13H17ClO2/c1-15-7-6-10-2-4-12(5-3-10)16-13-8-11(14)9-13/h2-5,11,13H,6-9H2,1H3. The summed E-state index contributed by atoms with van der Waals surface area (Å²) in [6.07, 6.45) is 3.19. The number of rotatable bonds is 5. The van der Waals surface area contributed by atoms with Crippen molar-refractivity contribution < 1.29 is 9.47 Å². The molecule has 0 aromatic heterocycles. The van der Waals surface area contributed by atoms with Gasteiger partial charge in [-0.15, -0.1) is 11.6 Å². The van der Waals surface area contributed by atoms with E-state index in [1.807, 2.05) is 12.1 Å². The van der Waals surface area contributed by atoms with Crippen LogP contribution in [0.3, 0.4) is 0 Å². The van der Waals surface area contributed by atoms with Crippen LogP contribution in [0.25, 0.3) is 0 Å². The molecule has 0 saturated heterocycles. The zero-order valence-corrected chi connectivity index (χ0v) is 10.2. The van der Waals surface area contributed by atoms with Gasteiger partial charge in [0.2, 0.25) is 0 Å². The maximum Gasteiger partial charge on any atom is 0.119 e. The highest BCUT2D eigenvalue weighted by molar-refractivity contribution is 6.21. The van der Waals surface area contributed by atoms with Crippen molar-refractivity contribution in [3.05, 3.63) is 29.8 Å². The van der Waals surface area contributed by atoms with Gasteiger partial charge >= 0.3 is 0 Å². The van der Waals surface area contributed by atoms with E-state index in [-0.39, 0.29) is 0 Å². The third-order valence-corrected chi connectivity index (χ3v) is 3.21. The monoisotopic (exact) mass is 240 g/mol. The number of benzene rings is 1. The zero-order valence-electron chi connectivity index (χ0n) is 9.49. The molecule has 0 atom stereocenters. The second kappa shape index (κ2) is 5.55. The van der Waals surface area contributed by atoms with Gasteiger partial charge in [-0.25, -0.2) is 0 Å². The normalized spacial score (nSPS) is 23.9. The molecule has 1 saturated carbocycles. The molecule has 0 unspecified atom stereocenters. The molecule has 0 heterocycles. The van der Waals surface area contributed by atoms with Crippen molar-refractivity contribution in [1.29, 1.82) is 0 Å². The third kappa shape index (κ3) is 3.13. The summed E-state index contributed by atoms with van der Waals surface area (Å²) in [5.41, 5.74) is 1.28. The van der Waals surface area contributed by atoms with Crippen molar-refractivity contribution in [3.63, 3.8) is 0 Å². The maximum atomic E-state index is 5.90. The number of hydrogen-bond donors (Lipinski definition) is 0. The summed E-state index contributed by atoms with van der Waals surface area (Å²) in [5.74, 6) is 0.940. The van der Waals surface area contributed by atoms with Gasteiger partial charge in [-0.2, -0.15) is 0 Å². The minimum Gasteiger partial charge on any atom is -0.490 e. The predicted molar refractivity (Wildman–Crippen MR) is 65.3 cm³/mol.